The second-order valence-electron chi connectivity index (χ2n) is 14.7. The molecule has 0 bridgehead atoms. The fraction of sp³-hybridized carbons (Fsp3) is 0.543. The first-order valence-electron chi connectivity index (χ1n) is 17.5. The van der Waals surface area contributed by atoms with Gasteiger partial charge >= 0.3 is 18.2 Å². The molecule has 55 heavy (non-hydrogen) atoms. The quantitative estimate of drug-likeness (QED) is 0.146. The summed E-state index contributed by atoms with van der Waals surface area (Å²) in [5.74, 6) is -3.67. The summed E-state index contributed by atoms with van der Waals surface area (Å²) >= 11 is 0. The third-order valence-electron chi connectivity index (χ3n) is 9.76. The molecule has 2 heterocycles. The summed E-state index contributed by atoms with van der Waals surface area (Å²) in [6, 6.07) is 5.41. The van der Waals surface area contributed by atoms with Crippen LogP contribution >= 0.6 is 0 Å². The number of para-hydroxylation sites is 1. The van der Waals surface area contributed by atoms with Crippen LogP contribution in [0.15, 0.2) is 30.3 Å². The number of carbonyl (C=O) groups is 4. The number of halogens is 4. The molecule has 6 amide bonds. The lowest BCUT2D eigenvalue weighted by Crippen LogP contribution is -2.64. The van der Waals surface area contributed by atoms with Crippen LogP contribution < -0.4 is 20.1 Å². The zero-order chi connectivity index (χ0) is 41.4. The predicted octanol–water partition coefficient (Wildman–Crippen LogP) is 5.28. The zero-order valence-corrected chi connectivity index (χ0v) is 33.0. The van der Waals surface area contributed by atoms with Crippen molar-refractivity contribution < 1.29 is 53.6 Å². The maximum Gasteiger partial charge on any atom is 0.406 e. The number of rotatable bonds is 14. The highest BCUT2D eigenvalue weighted by Gasteiger charge is 2.50. The lowest BCUT2D eigenvalue weighted by atomic mass is 9.84. The summed E-state index contributed by atoms with van der Waals surface area (Å²) in [6.45, 7) is 8.49. The highest BCUT2D eigenvalue weighted by Crippen LogP contribution is 2.39. The van der Waals surface area contributed by atoms with E-state index >= 15 is 4.39 Å². The maximum absolute atomic E-state index is 15.0. The number of hydrogen-bond acceptors (Lipinski definition) is 8. The summed E-state index contributed by atoms with van der Waals surface area (Å²) in [7, 11) is -7.59. The first kappa shape index (κ1) is 43.3. The number of urea groups is 2. The van der Waals surface area contributed by atoms with Gasteiger partial charge in [0.1, 0.15) is 12.4 Å². The van der Waals surface area contributed by atoms with E-state index in [-0.39, 0.29) is 30.0 Å². The van der Waals surface area contributed by atoms with Crippen molar-refractivity contribution in [3.05, 3.63) is 58.4 Å². The SMILES string of the molecule is CC(C)c1cc(F)cc(C(C)CCC(C)c2cccc(C(C)C)c2NC(=O)NS(=O)(=O)C2CN(CC(F)(F)F)C2=O)c1NC(=O)NS(=O)(=O)C1CN(C)C1=O. The smallest absolute Gasteiger partial charge is 0.343 e. The fourth-order valence-corrected chi connectivity index (χ4v) is 9.14. The Balaban J connectivity index is 1.51. The minimum Gasteiger partial charge on any atom is -0.343 e. The molecule has 2 saturated heterocycles. The molecule has 0 spiro atoms. The Hall–Kier alpha value is -4.46. The predicted molar refractivity (Wildman–Crippen MR) is 197 cm³/mol. The number of β-lactam (4-membered cyclic amide) rings is 2. The molecule has 304 valence electrons. The Morgan fingerprint density at radius 1 is 0.745 bits per heavy atom. The first-order chi connectivity index (χ1) is 25.3. The largest absolute Gasteiger partial charge is 0.406 e. The van der Waals surface area contributed by atoms with Crippen LogP contribution in [-0.4, -0.2) is 93.9 Å². The lowest BCUT2D eigenvalue weighted by molar-refractivity contribution is -0.169. The van der Waals surface area contributed by atoms with Gasteiger partial charge in [-0.05, 0) is 70.9 Å². The van der Waals surface area contributed by atoms with Gasteiger partial charge in [0.15, 0.2) is 10.5 Å². The molecule has 2 aliphatic rings. The van der Waals surface area contributed by atoms with E-state index < -0.39 is 85.4 Å². The number of benzene rings is 2. The van der Waals surface area contributed by atoms with Crippen molar-refractivity contribution in [3.63, 3.8) is 0 Å². The summed E-state index contributed by atoms with van der Waals surface area (Å²) in [4.78, 5) is 51.9. The monoisotopic (exact) mass is 818 g/mol. The van der Waals surface area contributed by atoms with Gasteiger partial charge in [0.25, 0.3) is 0 Å². The van der Waals surface area contributed by atoms with Crippen LogP contribution in [0.2, 0.25) is 0 Å². The van der Waals surface area contributed by atoms with E-state index in [0.29, 0.717) is 45.7 Å². The van der Waals surface area contributed by atoms with Gasteiger partial charge < -0.3 is 20.4 Å². The molecule has 0 saturated carbocycles. The average molecular weight is 819 g/mol. The molecule has 14 nitrogen and oxygen atoms in total. The van der Waals surface area contributed by atoms with Gasteiger partial charge in [-0.3, -0.25) is 9.59 Å². The number of nitrogens with one attached hydrogen (secondary N) is 4. The van der Waals surface area contributed by atoms with E-state index in [2.05, 4.69) is 10.6 Å². The fourth-order valence-electron chi connectivity index (χ4n) is 6.58. The van der Waals surface area contributed by atoms with Crippen LogP contribution in [0, 0.1) is 5.82 Å². The molecule has 2 aromatic rings. The number of sulfonamides is 2. The van der Waals surface area contributed by atoms with Gasteiger partial charge in [0.2, 0.25) is 31.9 Å². The van der Waals surface area contributed by atoms with E-state index in [1.807, 2.05) is 25.5 Å². The minimum atomic E-state index is -4.72. The molecule has 2 aliphatic heterocycles. The topological polar surface area (TPSA) is 191 Å². The zero-order valence-electron chi connectivity index (χ0n) is 31.4. The normalized spacial score (nSPS) is 18.8. The summed E-state index contributed by atoms with van der Waals surface area (Å²) < 4.78 is 108. The Bertz CT molecular complexity index is 2060. The van der Waals surface area contributed by atoms with Crippen LogP contribution in [0.4, 0.5) is 38.5 Å². The van der Waals surface area contributed by atoms with Crippen molar-refractivity contribution in [2.24, 2.45) is 0 Å². The Kier molecular flexibility index (Phi) is 12.8. The summed E-state index contributed by atoms with van der Waals surface area (Å²) in [6.07, 6.45) is -3.90. The third kappa shape index (κ3) is 10.1. The molecule has 20 heteroatoms. The van der Waals surface area contributed by atoms with Crippen LogP contribution in [0.3, 0.4) is 0 Å². The minimum absolute atomic E-state index is 0.0779. The standard InChI is InChI=1S/C35H46F4N6O8S2/c1-18(2)23-9-8-10-24(29(23)40-33(48)43-55(52,53)28-16-45(32(28)47)17-35(37,38)39)20(5)11-12-21(6)26-14-22(36)13-25(19(3)4)30(26)41-34(49)42-54(50,51)27-15-44(7)31(27)46/h8-10,13-14,18-21,27-28H,11-12,15-17H2,1-7H3,(H2,40,43,48)(H2,41,42,49). The van der Waals surface area contributed by atoms with E-state index in [1.54, 1.807) is 43.7 Å². The number of alkyl halides is 3. The van der Waals surface area contributed by atoms with E-state index in [0.717, 1.165) is 0 Å². The second kappa shape index (κ2) is 16.3. The highest BCUT2D eigenvalue weighted by molar-refractivity contribution is 7.91. The molecular formula is C35H46F4N6O8S2. The van der Waals surface area contributed by atoms with Crippen LogP contribution in [0.25, 0.3) is 0 Å². The molecule has 4 rings (SSSR count). The molecule has 4 unspecified atom stereocenters. The van der Waals surface area contributed by atoms with Gasteiger partial charge in [0, 0.05) is 31.5 Å². The number of hydrogen-bond donors (Lipinski definition) is 4. The Morgan fingerprint density at radius 2 is 1.20 bits per heavy atom. The second-order valence-corrected chi connectivity index (χ2v) is 18.4. The maximum atomic E-state index is 15.0. The molecular weight excluding hydrogens is 773 g/mol. The first-order valence-corrected chi connectivity index (χ1v) is 20.6. The Labute approximate surface area is 317 Å². The lowest BCUT2D eigenvalue weighted by Gasteiger charge is -2.37. The molecule has 4 N–H and O–H groups in total. The molecule has 4 atom stereocenters. The molecule has 0 radical (unpaired) electrons. The van der Waals surface area contributed by atoms with Gasteiger partial charge in [0.05, 0.1) is 0 Å². The molecule has 0 aromatic heterocycles. The Morgan fingerprint density at radius 3 is 1.65 bits per heavy atom. The summed E-state index contributed by atoms with van der Waals surface area (Å²) in [5, 5.41) is 1.88. The van der Waals surface area contributed by atoms with E-state index in [1.165, 1.54) is 24.1 Å². The number of amides is 6. The average Bonchev–Trinajstić information content (AvgIpc) is 3.06. The van der Waals surface area contributed by atoms with Crippen molar-refractivity contribution in [3.8, 4) is 0 Å². The van der Waals surface area contributed by atoms with E-state index in [4.69, 9.17) is 0 Å². The summed E-state index contributed by atoms with van der Waals surface area (Å²) in [5.41, 5.74) is 2.58. The van der Waals surface area contributed by atoms with Crippen LogP contribution in [0.5, 0.6) is 0 Å². The molecule has 2 aromatic carbocycles. The van der Waals surface area contributed by atoms with Crippen molar-refractivity contribution in [2.75, 3.05) is 37.3 Å². The third-order valence-corrected chi connectivity index (χ3v) is 12.9. The van der Waals surface area contributed by atoms with Crippen LogP contribution in [0.1, 0.15) is 100 Å². The molecule has 2 fully saturated rings. The number of likely N-dealkylation sites (tertiary alicyclic amines) is 2. The van der Waals surface area contributed by atoms with Crippen molar-refractivity contribution in [1.29, 1.82) is 0 Å². The van der Waals surface area contributed by atoms with E-state index in [9.17, 15) is 49.2 Å². The van der Waals surface area contributed by atoms with Gasteiger partial charge in [-0.25, -0.2) is 40.3 Å². The van der Waals surface area contributed by atoms with Crippen molar-refractivity contribution in [2.45, 2.75) is 94.7 Å². The van der Waals surface area contributed by atoms with Gasteiger partial charge in [-0.1, -0.05) is 59.7 Å². The molecule has 0 aliphatic carbocycles. The van der Waals surface area contributed by atoms with Gasteiger partial charge in [-0.2, -0.15) is 13.2 Å². The van der Waals surface area contributed by atoms with Crippen LogP contribution in [-0.2, 0) is 29.6 Å². The number of carbonyl (C=O) groups excluding carboxylic acids is 4. The number of anilines is 2. The number of nitrogens with zero attached hydrogens (tertiary/aromatic N) is 2. The van der Waals surface area contributed by atoms with Crippen molar-refractivity contribution in [1.82, 2.24) is 19.2 Å². The van der Waals surface area contributed by atoms with Crippen molar-refractivity contribution >= 4 is 55.3 Å². The highest BCUT2D eigenvalue weighted by atomic mass is 32.2. The van der Waals surface area contributed by atoms with Gasteiger partial charge in [-0.15, -0.1) is 0 Å².